The number of hydrogen-bond donors (Lipinski definition) is 2. The Kier molecular flexibility index (Phi) is 2.94. The summed E-state index contributed by atoms with van der Waals surface area (Å²) in [6.07, 6.45) is 7.76. The van der Waals surface area contributed by atoms with Crippen LogP contribution < -0.4 is 5.73 Å². The van der Waals surface area contributed by atoms with Crippen molar-refractivity contribution in [2.75, 3.05) is 0 Å². The molecule has 3 N–H and O–H groups in total. The zero-order valence-electron chi connectivity index (χ0n) is 12.1. The zero-order valence-corrected chi connectivity index (χ0v) is 12.1. The first-order valence-corrected chi connectivity index (χ1v) is 8.15. The van der Waals surface area contributed by atoms with E-state index < -0.39 is 0 Å². The maximum Gasteiger partial charge on any atom is 0.0846 e. The van der Waals surface area contributed by atoms with Crippen LogP contribution in [0.4, 0.5) is 0 Å². The van der Waals surface area contributed by atoms with Crippen LogP contribution in [-0.4, -0.2) is 5.11 Å². The van der Waals surface area contributed by atoms with E-state index in [9.17, 15) is 5.11 Å². The molecular formula is C18H25NO. The van der Waals surface area contributed by atoms with Crippen molar-refractivity contribution in [2.45, 2.75) is 51.2 Å². The van der Waals surface area contributed by atoms with Crippen LogP contribution in [0.15, 0.2) is 24.3 Å². The SMILES string of the molecule is NCc1ccc(C(O)C23CC4CC(CC(C4)C2)C3)cc1. The summed E-state index contributed by atoms with van der Waals surface area (Å²) in [5.41, 5.74) is 8.09. The van der Waals surface area contributed by atoms with Gasteiger partial charge in [0.25, 0.3) is 0 Å². The highest BCUT2D eigenvalue weighted by atomic mass is 16.3. The van der Waals surface area contributed by atoms with Gasteiger partial charge in [-0.25, -0.2) is 0 Å². The summed E-state index contributed by atoms with van der Waals surface area (Å²) in [4.78, 5) is 0. The van der Waals surface area contributed by atoms with Crippen LogP contribution in [0.25, 0.3) is 0 Å². The van der Waals surface area contributed by atoms with E-state index >= 15 is 0 Å². The second kappa shape index (κ2) is 4.57. The highest BCUT2D eigenvalue weighted by Crippen LogP contribution is 2.63. The van der Waals surface area contributed by atoms with Gasteiger partial charge in [-0.1, -0.05) is 24.3 Å². The summed E-state index contributed by atoms with van der Waals surface area (Å²) in [5, 5.41) is 11.0. The predicted molar refractivity (Wildman–Crippen MR) is 79.9 cm³/mol. The molecule has 4 aliphatic rings. The van der Waals surface area contributed by atoms with Crippen molar-refractivity contribution in [1.29, 1.82) is 0 Å². The molecule has 0 spiro atoms. The van der Waals surface area contributed by atoms with Gasteiger partial charge in [-0.15, -0.1) is 0 Å². The van der Waals surface area contributed by atoms with E-state index in [1.165, 1.54) is 38.5 Å². The van der Waals surface area contributed by atoms with Crippen LogP contribution in [-0.2, 0) is 6.54 Å². The smallest absolute Gasteiger partial charge is 0.0846 e. The quantitative estimate of drug-likeness (QED) is 0.885. The maximum atomic E-state index is 11.0. The molecule has 0 heterocycles. The van der Waals surface area contributed by atoms with Gasteiger partial charge in [0.2, 0.25) is 0 Å². The average molecular weight is 271 g/mol. The molecule has 1 unspecified atom stereocenters. The Balaban J connectivity index is 1.62. The number of nitrogens with two attached hydrogens (primary N) is 1. The Morgan fingerprint density at radius 3 is 1.95 bits per heavy atom. The highest BCUT2D eigenvalue weighted by Gasteiger charge is 2.54. The van der Waals surface area contributed by atoms with E-state index in [0.29, 0.717) is 6.54 Å². The predicted octanol–water partition coefficient (Wildman–Crippen LogP) is 3.40. The second-order valence-corrected chi connectivity index (χ2v) is 7.63. The van der Waals surface area contributed by atoms with E-state index in [1.54, 1.807) is 0 Å². The van der Waals surface area contributed by atoms with Gasteiger partial charge in [-0.3, -0.25) is 0 Å². The van der Waals surface area contributed by atoms with Gasteiger partial charge >= 0.3 is 0 Å². The van der Waals surface area contributed by atoms with Crippen molar-refractivity contribution >= 4 is 0 Å². The number of aliphatic hydroxyl groups excluding tert-OH is 1. The normalized spacial score (nSPS) is 40.0. The van der Waals surface area contributed by atoms with Crippen molar-refractivity contribution in [2.24, 2.45) is 28.9 Å². The molecule has 4 saturated carbocycles. The van der Waals surface area contributed by atoms with E-state index in [0.717, 1.165) is 28.9 Å². The number of benzene rings is 1. The lowest BCUT2D eigenvalue weighted by atomic mass is 9.47. The molecule has 20 heavy (non-hydrogen) atoms. The first-order chi connectivity index (χ1) is 9.68. The summed E-state index contributed by atoms with van der Waals surface area (Å²) in [5.74, 6) is 2.66. The molecule has 1 aromatic rings. The van der Waals surface area contributed by atoms with Gasteiger partial charge in [-0.05, 0) is 67.4 Å². The molecule has 1 atom stereocenters. The van der Waals surface area contributed by atoms with E-state index in [2.05, 4.69) is 24.3 Å². The summed E-state index contributed by atoms with van der Waals surface area (Å²) in [7, 11) is 0. The first-order valence-electron chi connectivity index (χ1n) is 8.15. The highest BCUT2D eigenvalue weighted by molar-refractivity contribution is 5.26. The lowest BCUT2D eigenvalue weighted by molar-refractivity contribution is -0.122. The molecule has 108 valence electrons. The molecule has 0 radical (unpaired) electrons. The van der Waals surface area contributed by atoms with Gasteiger partial charge in [-0.2, -0.15) is 0 Å². The van der Waals surface area contributed by atoms with Gasteiger partial charge in [0, 0.05) is 12.0 Å². The molecule has 4 fully saturated rings. The first kappa shape index (κ1) is 12.8. The van der Waals surface area contributed by atoms with Crippen LogP contribution in [0.5, 0.6) is 0 Å². The molecule has 4 aliphatic carbocycles. The minimum Gasteiger partial charge on any atom is -0.388 e. The fourth-order valence-corrected chi connectivity index (χ4v) is 5.70. The molecule has 2 nitrogen and oxygen atoms in total. The van der Waals surface area contributed by atoms with Gasteiger partial charge in [0.15, 0.2) is 0 Å². The molecule has 4 bridgehead atoms. The van der Waals surface area contributed by atoms with Gasteiger partial charge < -0.3 is 10.8 Å². The van der Waals surface area contributed by atoms with Crippen LogP contribution in [0.2, 0.25) is 0 Å². The third-order valence-electron chi connectivity index (χ3n) is 6.20. The lowest BCUT2D eigenvalue weighted by Gasteiger charge is -2.58. The van der Waals surface area contributed by atoms with Crippen molar-refractivity contribution < 1.29 is 5.11 Å². The second-order valence-electron chi connectivity index (χ2n) is 7.63. The third-order valence-corrected chi connectivity index (χ3v) is 6.20. The van der Waals surface area contributed by atoms with Crippen LogP contribution >= 0.6 is 0 Å². The standard InChI is InChI=1S/C18H25NO/c19-11-12-1-3-16(4-2-12)17(20)18-8-13-5-14(9-18)7-15(6-13)10-18/h1-4,13-15,17,20H,5-11,19H2. The Morgan fingerprint density at radius 1 is 1.00 bits per heavy atom. The summed E-state index contributed by atoms with van der Waals surface area (Å²) in [6, 6.07) is 8.31. The molecule has 0 saturated heterocycles. The van der Waals surface area contributed by atoms with Gasteiger partial charge in [0.05, 0.1) is 6.10 Å². The molecular weight excluding hydrogens is 246 g/mol. The van der Waals surface area contributed by atoms with E-state index in [-0.39, 0.29) is 11.5 Å². The number of hydrogen-bond acceptors (Lipinski definition) is 2. The van der Waals surface area contributed by atoms with Crippen LogP contribution in [0.1, 0.15) is 55.8 Å². The number of rotatable bonds is 3. The van der Waals surface area contributed by atoms with Crippen LogP contribution in [0.3, 0.4) is 0 Å². The summed E-state index contributed by atoms with van der Waals surface area (Å²) in [6.45, 7) is 0.577. The minimum atomic E-state index is -0.275. The van der Waals surface area contributed by atoms with Crippen molar-refractivity contribution in [3.63, 3.8) is 0 Å². The molecule has 5 rings (SSSR count). The van der Waals surface area contributed by atoms with E-state index in [4.69, 9.17) is 5.73 Å². The molecule has 0 amide bonds. The molecule has 0 aliphatic heterocycles. The topological polar surface area (TPSA) is 46.2 Å². The Hall–Kier alpha value is -0.860. The molecule has 1 aromatic carbocycles. The summed E-state index contributed by atoms with van der Waals surface area (Å²) >= 11 is 0. The van der Waals surface area contributed by atoms with Gasteiger partial charge in [0.1, 0.15) is 0 Å². The lowest BCUT2D eigenvalue weighted by Crippen LogP contribution is -2.48. The Bertz CT molecular complexity index is 457. The van der Waals surface area contributed by atoms with Crippen molar-refractivity contribution in [1.82, 2.24) is 0 Å². The summed E-state index contributed by atoms with van der Waals surface area (Å²) < 4.78 is 0. The Morgan fingerprint density at radius 2 is 1.50 bits per heavy atom. The largest absolute Gasteiger partial charge is 0.388 e. The Labute approximate surface area is 121 Å². The minimum absolute atomic E-state index is 0.180. The van der Waals surface area contributed by atoms with E-state index in [1.807, 2.05) is 0 Å². The fourth-order valence-electron chi connectivity index (χ4n) is 5.70. The number of aliphatic hydroxyl groups is 1. The third kappa shape index (κ3) is 1.93. The molecule has 2 heteroatoms. The molecule has 0 aromatic heterocycles. The monoisotopic (exact) mass is 271 g/mol. The fraction of sp³-hybridized carbons (Fsp3) is 0.667. The van der Waals surface area contributed by atoms with Crippen LogP contribution in [0, 0.1) is 23.2 Å². The van der Waals surface area contributed by atoms with Crippen molar-refractivity contribution in [3.05, 3.63) is 35.4 Å². The van der Waals surface area contributed by atoms with Crippen molar-refractivity contribution in [3.8, 4) is 0 Å². The maximum absolute atomic E-state index is 11.0. The zero-order chi connectivity index (χ0) is 13.7. The average Bonchev–Trinajstić information content (AvgIpc) is 2.45.